The number of ether oxygens (including phenoxy) is 4. The molecule has 1 fully saturated rings. The van der Waals surface area contributed by atoms with Crippen LogP contribution in [-0.2, 0) is 18.9 Å². The van der Waals surface area contributed by atoms with E-state index in [1.165, 1.54) is 0 Å². The van der Waals surface area contributed by atoms with Crippen LogP contribution in [0.3, 0.4) is 0 Å². The minimum atomic E-state index is -1.33. The number of hydrogen-bond donors (Lipinski definition) is 2. The van der Waals surface area contributed by atoms with Gasteiger partial charge in [0.25, 0.3) is 0 Å². The highest BCUT2D eigenvalue weighted by Crippen LogP contribution is 2.26. The van der Waals surface area contributed by atoms with Gasteiger partial charge in [0.05, 0.1) is 6.61 Å². The van der Waals surface area contributed by atoms with Gasteiger partial charge >= 0.3 is 0 Å². The minimum Gasteiger partial charge on any atom is -0.394 e. The fraction of sp³-hybridized carbons (Fsp3) is 0.600. The molecule has 1 heterocycles. The summed E-state index contributed by atoms with van der Waals surface area (Å²) in [4.78, 5) is 0. The van der Waals surface area contributed by atoms with Crippen LogP contribution in [0.15, 0.2) is 0 Å². The largest absolute Gasteiger partial charge is 0.394 e. The molecular formula is C15H18O6. The first-order chi connectivity index (χ1) is 10.2. The molecule has 0 bridgehead atoms. The van der Waals surface area contributed by atoms with Crippen LogP contribution in [-0.4, -0.2) is 67.3 Å². The van der Waals surface area contributed by atoms with Gasteiger partial charge in [0.2, 0.25) is 0 Å². The lowest BCUT2D eigenvalue weighted by Gasteiger charge is -2.43. The maximum atomic E-state index is 9.96. The molecule has 2 N–H and O–H groups in total. The molecule has 0 amide bonds. The summed E-state index contributed by atoms with van der Waals surface area (Å²) in [6, 6.07) is 0. The van der Waals surface area contributed by atoms with E-state index in [1.54, 1.807) is 0 Å². The van der Waals surface area contributed by atoms with Gasteiger partial charge in [0.1, 0.15) is 44.2 Å². The number of hydrogen-bond acceptors (Lipinski definition) is 6. The molecule has 0 aromatic rings. The maximum Gasteiger partial charge on any atom is 0.184 e. The Morgan fingerprint density at radius 2 is 1.33 bits per heavy atom. The lowest BCUT2D eigenvalue weighted by molar-refractivity contribution is -0.305. The van der Waals surface area contributed by atoms with E-state index in [0.29, 0.717) is 0 Å². The summed E-state index contributed by atoms with van der Waals surface area (Å²) in [6.07, 6.45) is 10.9. The molecule has 0 spiro atoms. The van der Waals surface area contributed by atoms with Gasteiger partial charge in [0.15, 0.2) is 6.29 Å². The van der Waals surface area contributed by atoms with Crippen LogP contribution in [0, 0.1) is 37.0 Å². The first-order valence-corrected chi connectivity index (χ1v) is 6.29. The SMILES string of the molecule is C#CCO[C@@H]1[C@@H](OCC#C)[C@H](O)O[C@H](CO)[C@@H]1OCC#C. The average molecular weight is 294 g/mol. The van der Waals surface area contributed by atoms with Crippen molar-refractivity contribution < 1.29 is 29.2 Å². The Kier molecular flexibility index (Phi) is 7.82. The van der Waals surface area contributed by atoms with Crippen molar-refractivity contribution in [3.8, 4) is 37.0 Å². The van der Waals surface area contributed by atoms with Crippen molar-refractivity contribution in [2.24, 2.45) is 0 Å². The fourth-order valence-electron chi connectivity index (χ4n) is 2.04. The van der Waals surface area contributed by atoms with Crippen LogP contribution in [0.1, 0.15) is 0 Å². The number of aliphatic hydroxyl groups is 2. The van der Waals surface area contributed by atoms with Gasteiger partial charge in [-0.3, -0.25) is 0 Å². The van der Waals surface area contributed by atoms with E-state index in [4.69, 9.17) is 38.2 Å². The third kappa shape index (κ3) is 4.74. The normalized spacial score (nSPS) is 31.9. The zero-order valence-electron chi connectivity index (χ0n) is 11.5. The maximum absolute atomic E-state index is 9.96. The van der Waals surface area contributed by atoms with Crippen LogP contribution < -0.4 is 0 Å². The third-order valence-corrected chi connectivity index (χ3v) is 2.87. The first kappa shape index (κ1) is 17.5. The Labute approximate surface area is 124 Å². The molecule has 5 atom stereocenters. The molecule has 1 aliphatic rings. The van der Waals surface area contributed by atoms with Gasteiger partial charge in [-0.15, -0.1) is 19.3 Å². The lowest BCUT2D eigenvalue weighted by atomic mass is 9.98. The molecule has 1 saturated heterocycles. The Balaban J connectivity index is 2.92. The van der Waals surface area contributed by atoms with Gasteiger partial charge in [0, 0.05) is 0 Å². The topological polar surface area (TPSA) is 77.4 Å². The summed E-state index contributed by atoms with van der Waals surface area (Å²) < 4.78 is 21.5. The molecule has 0 saturated carbocycles. The molecule has 0 aromatic carbocycles. The van der Waals surface area contributed by atoms with Crippen molar-refractivity contribution >= 4 is 0 Å². The van der Waals surface area contributed by atoms with Crippen molar-refractivity contribution in [2.75, 3.05) is 26.4 Å². The van der Waals surface area contributed by atoms with E-state index < -0.39 is 30.7 Å². The van der Waals surface area contributed by atoms with Crippen molar-refractivity contribution in [2.45, 2.75) is 30.7 Å². The highest BCUT2D eigenvalue weighted by molar-refractivity contribution is 4.96. The first-order valence-electron chi connectivity index (χ1n) is 6.29. The monoisotopic (exact) mass is 294 g/mol. The second-order valence-corrected chi connectivity index (χ2v) is 4.19. The zero-order chi connectivity index (χ0) is 15.7. The molecule has 6 heteroatoms. The molecule has 0 unspecified atom stereocenters. The molecule has 114 valence electrons. The Bertz CT molecular complexity index is 429. The van der Waals surface area contributed by atoms with E-state index in [0.717, 1.165) is 0 Å². The number of rotatable bonds is 7. The van der Waals surface area contributed by atoms with Crippen LogP contribution in [0.5, 0.6) is 0 Å². The standard InChI is InChI=1S/C15H18O6/c1-4-7-18-12-11(10-16)21-15(17)14(20-9-6-3)13(12)19-8-5-2/h1-3,11-17H,7-10H2/t11-,12+,13+,14-,15-/m1/s1. The van der Waals surface area contributed by atoms with Crippen molar-refractivity contribution in [3.63, 3.8) is 0 Å². The highest BCUT2D eigenvalue weighted by atomic mass is 16.7. The van der Waals surface area contributed by atoms with Gasteiger partial charge in [-0.25, -0.2) is 0 Å². The lowest BCUT2D eigenvalue weighted by Crippen LogP contribution is -2.61. The van der Waals surface area contributed by atoms with E-state index in [2.05, 4.69) is 17.8 Å². The summed E-state index contributed by atoms with van der Waals surface area (Å²) in [5.74, 6) is 6.92. The zero-order valence-corrected chi connectivity index (χ0v) is 11.5. The van der Waals surface area contributed by atoms with Crippen LogP contribution in [0.2, 0.25) is 0 Å². The molecule has 6 nitrogen and oxygen atoms in total. The Morgan fingerprint density at radius 1 is 0.857 bits per heavy atom. The summed E-state index contributed by atoms with van der Waals surface area (Å²) >= 11 is 0. The molecule has 0 aromatic heterocycles. The molecule has 1 aliphatic heterocycles. The second-order valence-electron chi connectivity index (χ2n) is 4.19. The highest BCUT2D eigenvalue weighted by Gasteiger charge is 2.47. The molecular weight excluding hydrogens is 276 g/mol. The van der Waals surface area contributed by atoms with E-state index in [9.17, 15) is 10.2 Å². The van der Waals surface area contributed by atoms with Crippen molar-refractivity contribution in [1.82, 2.24) is 0 Å². The third-order valence-electron chi connectivity index (χ3n) is 2.87. The van der Waals surface area contributed by atoms with Crippen molar-refractivity contribution in [1.29, 1.82) is 0 Å². The van der Waals surface area contributed by atoms with Crippen molar-refractivity contribution in [3.05, 3.63) is 0 Å². The molecule has 0 radical (unpaired) electrons. The van der Waals surface area contributed by atoms with E-state index in [1.807, 2.05) is 0 Å². The predicted molar refractivity (Wildman–Crippen MR) is 73.7 cm³/mol. The van der Waals surface area contributed by atoms with Crippen LogP contribution in [0.25, 0.3) is 0 Å². The quantitative estimate of drug-likeness (QED) is 0.572. The fourth-order valence-corrected chi connectivity index (χ4v) is 2.04. The van der Waals surface area contributed by atoms with Gasteiger partial charge in [-0.1, -0.05) is 17.8 Å². The summed E-state index contributed by atoms with van der Waals surface area (Å²) in [6.45, 7) is -0.476. The average Bonchev–Trinajstić information content (AvgIpc) is 2.50. The van der Waals surface area contributed by atoms with Crippen LogP contribution in [0.4, 0.5) is 0 Å². The molecule has 1 rings (SSSR count). The van der Waals surface area contributed by atoms with Gasteiger partial charge in [-0.05, 0) is 0 Å². The van der Waals surface area contributed by atoms with Gasteiger partial charge in [-0.2, -0.15) is 0 Å². The van der Waals surface area contributed by atoms with E-state index in [-0.39, 0.29) is 26.4 Å². The Hall–Kier alpha value is -1.56. The summed E-state index contributed by atoms with van der Waals surface area (Å²) in [5, 5.41) is 19.3. The minimum absolute atomic E-state index is 0.0155. The second kappa shape index (κ2) is 9.39. The Morgan fingerprint density at radius 3 is 1.81 bits per heavy atom. The number of terminal acetylenes is 3. The van der Waals surface area contributed by atoms with Gasteiger partial charge < -0.3 is 29.2 Å². The van der Waals surface area contributed by atoms with E-state index >= 15 is 0 Å². The molecule has 0 aliphatic carbocycles. The molecule has 21 heavy (non-hydrogen) atoms. The number of aliphatic hydroxyl groups excluding tert-OH is 2. The summed E-state index contributed by atoms with van der Waals surface area (Å²) in [7, 11) is 0. The predicted octanol–water partition coefficient (Wildman–Crippen LogP) is -1.25. The summed E-state index contributed by atoms with van der Waals surface area (Å²) in [5.41, 5.74) is 0. The van der Waals surface area contributed by atoms with Crippen LogP contribution >= 0.6 is 0 Å². The smallest absolute Gasteiger partial charge is 0.184 e.